The molecule has 2 rings (SSSR count). The summed E-state index contributed by atoms with van der Waals surface area (Å²) in [5.41, 5.74) is 1.74. The van der Waals surface area contributed by atoms with Crippen molar-refractivity contribution < 1.29 is 9.13 Å². The van der Waals surface area contributed by atoms with E-state index in [0.717, 1.165) is 17.8 Å². The number of hydrogen-bond acceptors (Lipinski definition) is 2. The van der Waals surface area contributed by atoms with E-state index in [1.165, 1.54) is 18.9 Å². The summed E-state index contributed by atoms with van der Waals surface area (Å²) in [6.07, 6.45) is 2.35. The topological polar surface area (TPSA) is 12.5 Å². The lowest BCUT2D eigenvalue weighted by Gasteiger charge is -2.24. The van der Waals surface area contributed by atoms with Gasteiger partial charge in [-0.2, -0.15) is 0 Å². The average Bonchev–Trinajstić information content (AvgIpc) is 3.13. The third-order valence-corrected chi connectivity index (χ3v) is 3.26. The van der Waals surface area contributed by atoms with Crippen LogP contribution >= 0.6 is 11.6 Å². The molecule has 0 N–H and O–H groups in total. The molecule has 1 saturated carbocycles. The van der Waals surface area contributed by atoms with Crippen LogP contribution in [0.15, 0.2) is 18.2 Å². The highest BCUT2D eigenvalue weighted by atomic mass is 35.5. The fraction of sp³-hybridized carbons (Fsp3) is 0.538. The lowest BCUT2D eigenvalue weighted by molar-refractivity contribution is 0.205. The van der Waals surface area contributed by atoms with Crippen LogP contribution in [0.3, 0.4) is 0 Å². The molecular weight excluding hydrogens is 241 g/mol. The van der Waals surface area contributed by atoms with Gasteiger partial charge in [-0.25, -0.2) is 4.39 Å². The van der Waals surface area contributed by atoms with Gasteiger partial charge in [-0.1, -0.05) is 0 Å². The minimum absolute atomic E-state index is 0.221. The van der Waals surface area contributed by atoms with Gasteiger partial charge in [-0.3, -0.25) is 0 Å². The second-order valence-electron chi connectivity index (χ2n) is 4.37. The van der Waals surface area contributed by atoms with Crippen molar-refractivity contribution in [3.63, 3.8) is 0 Å². The highest BCUT2D eigenvalue weighted by molar-refractivity contribution is 6.17. The monoisotopic (exact) mass is 257 g/mol. The van der Waals surface area contributed by atoms with E-state index < -0.39 is 0 Å². The standard InChI is InChI=1S/C13H17ClFNO/c1-17-5-4-16(12-2-3-12)13-7-10(9-14)6-11(15)8-13/h6-8,12H,2-5,9H2,1H3. The molecule has 0 atom stereocenters. The second kappa shape index (κ2) is 5.69. The largest absolute Gasteiger partial charge is 0.383 e. The third-order valence-electron chi connectivity index (χ3n) is 2.95. The first kappa shape index (κ1) is 12.7. The molecule has 0 aromatic heterocycles. The SMILES string of the molecule is COCCN(c1cc(F)cc(CCl)c1)C1CC1. The number of benzene rings is 1. The minimum Gasteiger partial charge on any atom is -0.383 e. The summed E-state index contributed by atoms with van der Waals surface area (Å²) in [5.74, 6) is 0.120. The van der Waals surface area contributed by atoms with E-state index >= 15 is 0 Å². The number of methoxy groups -OCH3 is 1. The Morgan fingerprint density at radius 2 is 2.18 bits per heavy atom. The van der Waals surface area contributed by atoms with Gasteiger partial charge in [-0.05, 0) is 36.6 Å². The Hall–Kier alpha value is -0.800. The smallest absolute Gasteiger partial charge is 0.125 e. The third kappa shape index (κ3) is 3.33. The molecule has 17 heavy (non-hydrogen) atoms. The number of alkyl halides is 1. The number of hydrogen-bond donors (Lipinski definition) is 0. The lowest BCUT2D eigenvalue weighted by Crippen LogP contribution is -2.29. The summed E-state index contributed by atoms with van der Waals surface area (Å²) in [4.78, 5) is 2.21. The molecule has 0 spiro atoms. The molecule has 0 radical (unpaired) electrons. The summed E-state index contributed by atoms with van der Waals surface area (Å²) in [6.45, 7) is 1.45. The van der Waals surface area contributed by atoms with Crippen molar-refractivity contribution in [2.24, 2.45) is 0 Å². The number of anilines is 1. The molecule has 4 heteroatoms. The van der Waals surface area contributed by atoms with Crippen LogP contribution < -0.4 is 4.90 Å². The van der Waals surface area contributed by atoms with Crippen LogP contribution in [0.2, 0.25) is 0 Å². The van der Waals surface area contributed by atoms with Gasteiger partial charge in [-0.15, -0.1) is 11.6 Å². The van der Waals surface area contributed by atoms with E-state index in [1.807, 2.05) is 6.07 Å². The lowest BCUT2D eigenvalue weighted by atomic mass is 10.2. The van der Waals surface area contributed by atoms with E-state index in [2.05, 4.69) is 4.90 Å². The maximum atomic E-state index is 13.5. The molecule has 1 aliphatic carbocycles. The van der Waals surface area contributed by atoms with E-state index in [0.29, 0.717) is 18.5 Å². The van der Waals surface area contributed by atoms with Crippen LogP contribution in [0, 0.1) is 5.82 Å². The molecule has 0 amide bonds. The van der Waals surface area contributed by atoms with E-state index in [1.54, 1.807) is 13.2 Å². The molecule has 2 nitrogen and oxygen atoms in total. The number of halogens is 2. The van der Waals surface area contributed by atoms with Gasteiger partial charge in [0.05, 0.1) is 6.61 Å². The molecule has 0 aliphatic heterocycles. The summed E-state index contributed by atoms with van der Waals surface area (Å²) in [5, 5.41) is 0. The van der Waals surface area contributed by atoms with E-state index in [9.17, 15) is 4.39 Å². The first-order chi connectivity index (χ1) is 8.24. The van der Waals surface area contributed by atoms with Crippen molar-refractivity contribution in [1.82, 2.24) is 0 Å². The number of rotatable bonds is 6. The van der Waals surface area contributed by atoms with Crippen molar-refractivity contribution in [1.29, 1.82) is 0 Å². The Labute approximate surface area is 106 Å². The normalized spacial score (nSPS) is 15.0. The summed E-state index contributed by atoms with van der Waals surface area (Å²) < 4.78 is 18.6. The van der Waals surface area contributed by atoms with Crippen molar-refractivity contribution in [3.8, 4) is 0 Å². The van der Waals surface area contributed by atoms with Gasteiger partial charge in [0.15, 0.2) is 0 Å². The van der Waals surface area contributed by atoms with Crippen LogP contribution in [0.4, 0.5) is 10.1 Å². The van der Waals surface area contributed by atoms with Crippen molar-refractivity contribution in [2.75, 3.05) is 25.2 Å². The molecule has 1 aliphatic rings. The fourth-order valence-corrected chi connectivity index (χ4v) is 2.13. The predicted molar refractivity (Wildman–Crippen MR) is 68.2 cm³/mol. The summed E-state index contributed by atoms with van der Waals surface area (Å²) >= 11 is 5.77. The van der Waals surface area contributed by atoms with Crippen molar-refractivity contribution in [3.05, 3.63) is 29.6 Å². The molecular formula is C13H17ClFNO. The van der Waals surface area contributed by atoms with Gasteiger partial charge in [0.2, 0.25) is 0 Å². The Morgan fingerprint density at radius 3 is 2.76 bits per heavy atom. The van der Waals surface area contributed by atoms with E-state index in [-0.39, 0.29) is 5.82 Å². The molecule has 0 unspecified atom stereocenters. The van der Waals surface area contributed by atoms with Gasteiger partial charge >= 0.3 is 0 Å². The van der Waals surface area contributed by atoms with Crippen molar-refractivity contribution >= 4 is 17.3 Å². The summed E-state index contributed by atoms with van der Waals surface area (Å²) in [7, 11) is 1.68. The van der Waals surface area contributed by atoms with Gasteiger partial charge < -0.3 is 9.64 Å². The summed E-state index contributed by atoms with van der Waals surface area (Å²) in [6, 6.07) is 5.56. The Kier molecular flexibility index (Phi) is 4.24. The van der Waals surface area contributed by atoms with Gasteiger partial charge in [0.25, 0.3) is 0 Å². The van der Waals surface area contributed by atoms with Crippen LogP contribution in [-0.4, -0.2) is 26.3 Å². The quantitative estimate of drug-likeness (QED) is 0.726. The van der Waals surface area contributed by atoms with Crippen LogP contribution in [0.1, 0.15) is 18.4 Å². The molecule has 1 aromatic carbocycles. The van der Waals surface area contributed by atoms with Crippen LogP contribution in [0.5, 0.6) is 0 Å². The van der Waals surface area contributed by atoms with Crippen molar-refractivity contribution in [2.45, 2.75) is 24.8 Å². The number of nitrogens with zero attached hydrogens (tertiary/aromatic N) is 1. The average molecular weight is 258 g/mol. The molecule has 94 valence electrons. The van der Waals surface area contributed by atoms with Gasteiger partial charge in [0.1, 0.15) is 5.82 Å². The first-order valence-electron chi connectivity index (χ1n) is 5.85. The molecule has 0 saturated heterocycles. The molecule has 0 bridgehead atoms. The molecule has 1 aromatic rings. The second-order valence-corrected chi connectivity index (χ2v) is 4.64. The zero-order valence-corrected chi connectivity index (χ0v) is 10.7. The predicted octanol–water partition coefficient (Wildman–Crippen LogP) is 3.18. The Bertz CT molecular complexity index is 382. The Morgan fingerprint density at radius 1 is 1.41 bits per heavy atom. The van der Waals surface area contributed by atoms with Gasteiger partial charge in [0, 0.05) is 31.3 Å². The fourth-order valence-electron chi connectivity index (χ4n) is 1.97. The van der Waals surface area contributed by atoms with Crippen LogP contribution in [-0.2, 0) is 10.6 Å². The minimum atomic E-state index is -0.221. The highest BCUT2D eigenvalue weighted by Gasteiger charge is 2.29. The zero-order chi connectivity index (χ0) is 12.3. The maximum Gasteiger partial charge on any atom is 0.125 e. The highest BCUT2D eigenvalue weighted by Crippen LogP contribution is 2.32. The maximum absolute atomic E-state index is 13.5. The Balaban J connectivity index is 2.18. The van der Waals surface area contributed by atoms with Crippen LogP contribution in [0.25, 0.3) is 0 Å². The molecule has 0 heterocycles. The molecule has 1 fully saturated rings. The van der Waals surface area contributed by atoms with E-state index in [4.69, 9.17) is 16.3 Å². The first-order valence-corrected chi connectivity index (χ1v) is 6.39. The zero-order valence-electron chi connectivity index (χ0n) is 9.96. The number of ether oxygens (including phenoxy) is 1.